The molecule has 1 aromatic carbocycles. The molecule has 1 saturated heterocycles. The van der Waals surface area contributed by atoms with Crippen LogP contribution in [0.2, 0.25) is 0 Å². The lowest BCUT2D eigenvalue weighted by atomic mass is 9.79. The minimum Gasteiger partial charge on any atom is -0.481 e. The van der Waals surface area contributed by atoms with Crippen molar-refractivity contribution < 1.29 is 23.1 Å². The van der Waals surface area contributed by atoms with Crippen LogP contribution in [0.15, 0.2) is 30.3 Å². The highest BCUT2D eigenvalue weighted by Gasteiger charge is 2.62. The highest BCUT2D eigenvalue weighted by molar-refractivity contribution is 5.72. The van der Waals surface area contributed by atoms with Crippen LogP contribution in [0.5, 0.6) is 0 Å². The number of hydrogen-bond donors (Lipinski definition) is 1. The molecule has 1 aromatic rings. The van der Waals surface area contributed by atoms with Gasteiger partial charge in [0.15, 0.2) is 0 Å². The molecule has 2 atom stereocenters. The van der Waals surface area contributed by atoms with Gasteiger partial charge >= 0.3 is 12.1 Å². The Morgan fingerprint density at radius 1 is 1.40 bits per heavy atom. The lowest BCUT2D eigenvalue weighted by Gasteiger charge is -2.30. The van der Waals surface area contributed by atoms with Crippen molar-refractivity contribution in [3.63, 3.8) is 0 Å². The van der Waals surface area contributed by atoms with Gasteiger partial charge in [0.2, 0.25) is 0 Å². The first-order valence-electron chi connectivity index (χ1n) is 6.30. The molecule has 0 saturated carbocycles. The van der Waals surface area contributed by atoms with Crippen molar-refractivity contribution in [3.05, 3.63) is 35.9 Å². The molecule has 0 bridgehead atoms. The van der Waals surface area contributed by atoms with Crippen LogP contribution in [-0.2, 0) is 11.3 Å². The van der Waals surface area contributed by atoms with Gasteiger partial charge in [0.25, 0.3) is 0 Å². The molecule has 1 fully saturated rings. The van der Waals surface area contributed by atoms with Crippen molar-refractivity contribution in [2.24, 2.45) is 11.3 Å². The average molecular weight is 287 g/mol. The van der Waals surface area contributed by atoms with Crippen LogP contribution in [0, 0.1) is 11.3 Å². The van der Waals surface area contributed by atoms with Crippen molar-refractivity contribution in [2.75, 3.05) is 13.1 Å². The number of hydrogen-bond acceptors (Lipinski definition) is 2. The maximum atomic E-state index is 13.2. The molecule has 20 heavy (non-hydrogen) atoms. The third-order valence-electron chi connectivity index (χ3n) is 3.96. The van der Waals surface area contributed by atoms with Crippen LogP contribution >= 0.6 is 0 Å². The molecule has 6 heteroatoms. The van der Waals surface area contributed by atoms with Gasteiger partial charge in [-0.3, -0.25) is 9.69 Å². The van der Waals surface area contributed by atoms with E-state index in [-0.39, 0.29) is 13.1 Å². The third kappa shape index (κ3) is 2.65. The van der Waals surface area contributed by atoms with Gasteiger partial charge in [-0.2, -0.15) is 13.2 Å². The summed E-state index contributed by atoms with van der Waals surface area (Å²) >= 11 is 0. The van der Waals surface area contributed by atoms with E-state index in [9.17, 15) is 18.0 Å². The number of halogens is 3. The molecule has 3 nitrogen and oxygen atoms in total. The molecule has 1 heterocycles. The van der Waals surface area contributed by atoms with Crippen molar-refractivity contribution in [1.82, 2.24) is 4.90 Å². The molecule has 110 valence electrons. The van der Waals surface area contributed by atoms with Gasteiger partial charge in [0, 0.05) is 19.6 Å². The second-order valence-electron chi connectivity index (χ2n) is 5.46. The predicted octanol–water partition coefficient (Wildman–Crippen LogP) is 2.77. The number of aliphatic carboxylic acids is 1. The summed E-state index contributed by atoms with van der Waals surface area (Å²) < 4.78 is 39.5. The minimum atomic E-state index is -4.53. The van der Waals surface area contributed by atoms with Crippen LogP contribution in [0.25, 0.3) is 0 Å². The number of nitrogens with zero attached hydrogens (tertiary/aromatic N) is 1. The van der Waals surface area contributed by atoms with E-state index in [2.05, 4.69) is 0 Å². The molecule has 1 aliphatic rings. The van der Waals surface area contributed by atoms with Gasteiger partial charge < -0.3 is 5.11 Å². The second kappa shape index (κ2) is 5.09. The van der Waals surface area contributed by atoms with Crippen molar-refractivity contribution in [3.8, 4) is 0 Å². The Labute approximate surface area is 115 Å². The largest absolute Gasteiger partial charge is 0.481 e. The fourth-order valence-electron chi connectivity index (χ4n) is 2.70. The van der Waals surface area contributed by atoms with E-state index in [1.54, 1.807) is 4.90 Å². The highest BCUT2D eigenvalue weighted by atomic mass is 19.4. The van der Waals surface area contributed by atoms with Crippen molar-refractivity contribution >= 4 is 5.97 Å². The van der Waals surface area contributed by atoms with Gasteiger partial charge in [-0.15, -0.1) is 0 Å². The number of carbonyl (C=O) groups is 1. The molecule has 2 rings (SSSR count). The van der Waals surface area contributed by atoms with Crippen LogP contribution in [0.4, 0.5) is 13.2 Å². The zero-order valence-corrected chi connectivity index (χ0v) is 11.0. The molecule has 0 aromatic heterocycles. The molecular formula is C14H16F3NO2. The summed E-state index contributed by atoms with van der Waals surface area (Å²) in [5.74, 6) is -2.81. The first kappa shape index (κ1) is 14.8. The van der Waals surface area contributed by atoms with E-state index in [4.69, 9.17) is 5.11 Å². The smallest absolute Gasteiger partial charge is 0.396 e. The second-order valence-corrected chi connectivity index (χ2v) is 5.46. The first-order valence-corrected chi connectivity index (χ1v) is 6.30. The molecule has 1 aliphatic heterocycles. The summed E-state index contributed by atoms with van der Waals surface area (Å²) in [6.07, 6.45) is -4.53. The van der Waals surface area contributed by atoms with Crippen LogP contribution in [-0.4, -0.2) is 35.2 Å². The Morgan fingerprint density at radius 3 is 2.45 bits per heavy atom. The normalized spacial score (nSPS) is 27.7. The lowest BCUT2D eigenvalue weighted by Crippen LogP contribution is -2.44. The van der Waals surface area contributed by atoms with E-state index in [1.807, 2.05) is 30.3 Å². The number of carboxylic acids is 1. The summed E-state index contributed by atoms with van der Waals surface area (Å²) in [6, 6.07) is 9.08. The molecule has 0 aliphatic carbocycles. The van der Waals surface area contributed by atoms with E-state index in [0.717, 1.165) is 12.5 Å². The zero-order valence-electron chi connectivity index (χ0n) is 11.0. The van der Waals surface area contributed by atoms with Crippen LogP contribution < -0.4 is 0 Å². The van der Waals surface area contributed by atoms with Crippen molar-refractivity contribution in [2.45, 2.75) is 19.6 Å². The standard InChI is InChI=1S/C14H16F3NO2/c1-13(14(15,16)17)9-18(8-11(13)12(19)20)7-10-5-3-2-4-6-10/h2-6,11H,7-9H2,1H3,(H,19,20)/t11-,13-/m1/s1. The summed E-state index contributed by atoms with van der Waals surface area (Å²) in [5, 5.41) is 9.07. The number of carboxylic acid groups (broad SMARTS) is 1. The van der Waals surface area contributed by atoms with Crippen LogP contribution in [0.3, 0.4) is 0 Å². The Morgan fingerprint density at radius 2 is 2.00 bits per heavy atom. The maximum absolute atomic E-state index is 13.2. The first-order chi connectivity index (χ1) is 9.24. The molecular weight excluding hydrogens is 271 g/mol. The molecule has 0 radical (unpaired) electrons. The van der Waals surface area contributed by atoms with Crippen LogP contribution in [0.1, 0.15) is 12.5 Å². The fraction of sp³-hybridized carbons (Fsp3) is 0.500. The summed E-state index contributed by atoms with van der Waals surface area (Å²) in [6.45, 7) is 0.954. The molecule has 0 unspecified atom stereocenters. The number of alkyl halides is 3. The average Bonchev–Trinajstić information content (AvgIpc) is 2.68. The maximum Gasteiger partial charge on any atom is 0.396 e. The van der Waals surface area contributed by atoms with Gasteiger partial charge in [0.1, 0.15) is 0 Å². The lowest BCUT2D eigenvalue weighted by molar-refractivity contribution is -0.228. The zero-order chi connectivity index (χ0) is 15.0. The third-order valence-corrected chi connectivity index (χ3v) is 3.96. The molecule has 1 N–H and O–H groups in total. The van der Waals surface area contributed by atoms with E-state index in [0.29, 0.717) is 6.54 Å². The Hall–Kier alpha value is -1.56. The SMILES string of the molecule is C[C@@]1(C(F)(F)F)CN(Cc2ccccc2)C[C@@H]1C(=O)O. The Kier molecular flexibility index (Phi) is 3.77. The van der Waals surface area contributed by atoms with E-state index in [1.165, 1.54) is 0 Å². The van der Waals surface area contributed by atoms with Gasteiger partial charge in [-0.1, -0.05) is 30.3 Å². The summed E-state index contributed by atoms with van der Waals surface area (Å²) in [4.78, 5) is 12.7. The summed E-state index contributed by atoms with van der Waals surface area (Å²) in [5.41, 5.74) is -1.32. The van der Waals surface area contributed by atoms with Gasteiger partial charge in [-0.25, -0.2) is 0 Å². The van der Waals surface area contributed by atoms with E-state index >= 15 is 0 Å². The summed E-state index contributed by atoms with van der Waals surface area (Å²) in [7, 11) is 0. The Bertz CT molecular complexity index is 489. The fourth-order valence-corrected chi connectivity index (χ4v) is 2.70. The van der Waals surface area contributed by atoms with Crippen molar-refractivity contribution in [1.29, 1.82) is 0 Å². The topological polar surface area (TPSA) is 40.5 Å². The predicted molar refractivity (Wildman–Crippen MR) is 67.0 cm³/mol. The minimum absolute atomic E-state index is 0.0831. The number of likely N-dealkylation sites (tertiary alicyclic amines) is 1. The molecule has 0 amide bonds. The molecule has 0 spiro atoms. The van der Waals surface area contributed by atoms with Gasteiger partial charge in [-0.05, 0) is 12.5 Å². The monoisotopic (exact) mass is 287 g/mol. The Balaban J connectivity index is 2.19. The number of benzene rings is 1. The van der Waals surface area contributed by atoms with E-state index < -0.39 is 23.5 Å². The highest BCUT2D eigenvalue weighted by Crippen LogP contribution is 2.48. The quantitative estimate of drug-likeness (QED) is 0.929. The van der Waals surface area contributed by atoms with Gasteiger partial charge in [0.05, 0.1) is 11.3 Å². The number of rotatable bonds is 3.